The summed E-state index contributed by atoms with van der Waals surface area (Å²) in [6.45, 7) is 0.829. The average molecular weight is 243 g/mol. The summed E-state index contributed by atoms with van der Waals surface area (Å²) in [6.07, 6.45) is 0.930. The van der Waals surface area contributed by atoms with Gasteiger partial charge < -0.3 is 15.2 Å². The van der Waals surface area contributed by atoms with Crippen LogP contribution in [-0.2, 0) is 6.42 Å². The summed E-state index contributed by atoms with van der Waals surface area (Å²) < 4.78 is 5.11. The Morgan fingerprint density at radius 2 is 1.89 bits per heavy atom. The number of phenolic OH excluding ortho intramolecular Hbond substituents is 1. The van der Waals surface area contributed by atoms with Gasteiger partial charge in [0, 0.05) is 18.3 Å². The number of phenols is 1. The Morgan fingerprint density at radius 3 is 2.56 bits per heavy atom. The lowest BCUT2D eigenvalue weighted by Crippen LogP contribution is -2.04. The van der Waals surface area contributed by atoms with Crippen molar-refractivity contribution >= 4 is 5.69 Å². The van der Waals surface area contributed by atoms with E-state index in [9.17, 15) is 5.11 Å². The highest BCUT2D eigenvalue weighted by atomic mass is 16.5. The van der Waals surface area contributed by atoms with Gasteiger partial charge in [0.05, 0.1) is 7.11 Å². The Bertz CT molecular complexity index is 494. The van der Waals surface area contributed by atoms with Crippen molar-refractivity contribution in [3.8, 4) is 11.5 Å². The fourth-order valence-corrected chi connectivity index (χ4v) is 1.76. The molecule has 2 N–H and O–H groups in total. The van der Waals surface area contributed by atoms with E-state index in [0.717, 1.165) is 24.4 Å². The van der Waals surface area contributed by atoms with Crippen molar-refractivity contribution < 1.29 is 9.84 Å². The number of hydrogen-bond acceptors (Lipinski definition) is 3. The third kappa shape index (κ3) is 3.42. The summed E-state index contributed by atoms with van der Waals surface area (Å²) in [5, 5.41) is 12.6. The Balaban J connectivity index is 1.84. The second-order valence-electron chi connectivity index (χ2n) is 4.08. The molecule has 0 saturated heterocycles. The SMILES string of the molecule is COc1ccc(CCNc2cccc(O)c2)cc1. The molecular weight excluding hydrogens is 226 g/mol. The Kier molecular flexibility index (Phi) is 4.07. The highest BCUT2D eigenvalue weighted by molar-refractivity contribution is 5.47. The summed E-state index contributed by atoms with van der Waals surface area (Å²) in [5.41, 5.74) is 2.19. The Hall–Kier alpha value is -2.16. The molecule has 0 amide bonds. The maximum Gasteiger partial charge on any atom is 0.118 e. The maximum atomic E-state index is 9.33. The molecule has 94 valence electrons. The van der Waals surface area contributed by atoms with Crippen LogP contribution in [0.25, 0.3) is 0 Å². The van der Waals surface area contributed by atoms with Crippen LogP contribution in [-0.4, -0.2) is 18.8 Å². The number of hydrogen-bond donors (Lipinski definition) is 2. The quantitative estimate of drug-likeness (QED) is 0.848. The summed E-state index contributed by atoms with van der Waals surface area (Å²) in [4.78, 5) is 0. The van der Waals surface area contributed by atoms with Crippen LogP contribution in [0.1, 0.15) is 5.56 Å². The molecule has 2 rings (SSSR count). The van der Waals surface area contributed by atoms with E-state index < -0.39 is 0 Å². The van der Waals surface area contributed by atoms with Crippen LogP contribution in [0.4, 0.5) is 5.69 Å². The molecule has 18 heavy (non-hydrogen) atoms. The Morgan fingerprint density at radius 1 is 1.11 bits per heavy atom. The molecular formula is C15H17NO2. The molecule has 3 heteroatoms. The van der Waals surface area contributed by atoms with Gasteiger partial charge in [0.2, 0.25) is 0 Å². The highest BCUT2D eigenvalue weighted by Gasteiger charge is 1.96. The lowest BCUT2D eigenvalue weighted by molar-refractivity contribution is 0.414. The van der Waals surface area contributed by atoms with E-state index in [-0.39, 0.29) is 5.75 Å². The molecule has 2 aromatic carbocycles. The van der Waals surface area contributed by atoms with E-state index in [1.165, 1.54) is 5.56 Å². The van der Waals surface area contributed by atoms with E-state index in [1.807, 2.05) is 24.3 Å². The van der Waals surface area contributed by atoms with Crippen LogP contribution in [0.2, 0.25) is 0 Å². The number of ether oxygens (including phenoxy) is 1. The van der Waals surface area contributed by atoms with Crippen LogP contribution in [0.3, 0.4) is 0 Å². The largest absolute Gasteiger partial charge is 0.508 e. The smallest absolute Gasteiger partial charge is 0.118 e. The number of aromatic hydroxyl groups is 1. The van der Waals surface area contributed by atoms with Crippen molar-refractivity contribution in [3.05, 3.63) is 54.1 Å². The molecule has 0 heterocycles. The topological polar surface area (TPSA) is 41.5 Å². The molecule has 0 atom stereocenters. The summed E-state index contributed by atoms with van der Waals surface area (Å²) in [6, 6.07) is 15.2. The standard InChI is InChI=1S/C15H17NO2/c1-18-15-7-5-12(6-8-15)9-10-16-13-3-2-4-14(17)11-13/h2-8,11,16-17H,9-10H2,1H3. The fraction of sp³-hybridized carbons (Fsp3) is 0.200. The molecule has 0 unspecified atom stereocenters. The van der Waals surface area contributed by atoms with Gasteiger partial charge in [-0.05, 0) is 36.2 Å². The number of benzene rings is 2. The third-order valence-electron chi connectivity index (χ3n) is 2.75. The first kappa shape index (κ1) is 12.3. The van der Waals surface area contributed by atoms with E-state index in [1.54, 1.807) is 19.2 Å². The van der Waals surface area contributed by atoms with Gasteiger partial charge in [-0.1, -0.05) is 18.2 Å². The van der Waals surface area contributed by atoms with E-state index in [0.29, 0.717) is 0 Å². The maximum absolute atomic E-state index is 9.33. The van der Waals surface area contributed by atoms with Crippen LogP contribution < -0.4 is 10.1 Å². The first-order valence-electron chi connectivity index (χ1n) is 5.94. The van der Waals surface area contributed by atoms with Gasteiger partial charge in [-0.2, -0.15) is 0 Å². The zero-order valence-electron chi connectivity index (χ0n) is 10.4. The van der Waals surface area contributed by atoms with Crippen molar-refractivity contribution in [3.63, 3.8) is 0 Å². The van der Waals surface area contributed by atoms with Crippen molar-refractivity contribution in [1.82, 2.24) is 0 Å². The van der Waals surface area contributed by atoms with Gasteiger partial charge in [-0.3, -0.25) is 0 Å². The van der Waals surface area contributed by atoms with Gasteiger partial charge in [-0.25, -0.2) is 0 Å². The van der Waals surface area contributed by atoms with Crippen molar-refractivity contribution in [2.24, 2.45) is 0 Å². The number of methoxy groups -OCH3 is 1. The van der Waals surface area contributed by atoms with E-state index in [4.69, 9.17) is 4.74 Å². The van der Waals surface area contributed by atoms with E-state index in [2.05, 4.69) is 17.4 Å². The lowest BCUT2D eigenvalue weighted by Gasteiger charge is -2.07. The van der Waals surface area contributed by atoms with Gasteiger partial charge in [0.1, 0.15) is 11.5 Å². The molecule has 0 aliphatic carbocycles. The predicted molar refractivity (Wildman–Crippen MR) is 73.3 cm³/mol. The average Bonchev–Trinajstić information content (AvgIpc) is 2.40. The number of rotatable bonds is 5. The van der Waals surface area contributed by atoms with Gasteiger partial charge in [-0.15, -0.1) is 0 Å². The molecule has 0 bridgehead atoms. The Labute approximate surface area is 107 Å². The fourth-order valence-electron chi connectivity index (χ4n) is 1.76. The van der Waals surface area contributed by atoms with Crippen molar-refractivity contribution in [2.45, 2.75) is 6.42 Å². The monoisotopic (exact) mass is 243 g/mol. The molecule has 0 aliphatic rings. The summed E-state index contributed by atoms with van der Waals surface area (Å²) in [5.74, 6) is 1.16. The van der Waals surface area contributed by atoms with E-state index >= 15 is 0 Å². The third-order valence-corrected chi connectivity index (χ3v) is 2.75. The van der Waals surface area contributed by atoms with Crippen LogP contribution in [0, 0.1) is 0 Å². The minimum Gasteiger partial charge on any atom is -0.508 e. The first-order chi connectivity index (χ1) is 8.78. The van der Waals surface area contributed by atoms with Crippen molar-refractivity contribution in [2.75, 3.05) is 19.0 Å². The van der Waals surface area contributed by atoms with Crippen LogP contribution in [0.15, 0.2) is 48.5 Å². The zero-order chi connectivity index (χ0) is 12.8. The lowest BCUT2D eigenvalue weighted by atomic mass is 10.1. The minimum absolute atomic E-state index is 0.282. The minimum atomic E-state index is 0.282. The van der Waals surface area contributed by atoms with Gasteiger partial charge in [0.15, 0.2) is 0 Å². The second kappa shape index (κ2) is 5.96. The first-order valence-corrected chi connectivity index (χ1v) is 5.94. The second-order valence-corrected chi connectivity index (χ2v) is 4.08. The number of nitrogens with one attached hydrogen (secondary N) is 1. The molecule has 0 saturated carbocycles. The van der Waals surface area contributed by atoms with Crippen LogP contribution >= 0.6 is 0 Å². The molecule has 0 spiro atoms. The highest BCUT2D eigenvalue weighted by Crippen LogP contribution is 2.16. The molecule has 2 aromatic rings. The molecule has 0 fully saturated rings. The van der Waals surface area contributed by atoms with Crippen LogP contribution in [0.5, 0.6) is 11.5 Å². The number of anilines is 1. The summed E-state index contributed by atoms with van der Waals surface area (Å²) >= 11 is 0. The zero-order valence-corrected chi connectivity index (χ0v) is 10.4. The molecule has 0 aromatic heterocycles. The summed E-state index contributed by atoms with van der Waals surface area (Å²) in [7, 11) is 1.67. The normalized spacial score (nSPS) is 10.1. The van der Waals surface area contributed by atoms with Gasteiger partial charge in [0.25, 0.3) is 0 Å². The molecule has 0 radical (unpaired) electrons. The molecule has 0 aliphatic heterocycles. The molecule has 3 nitrogen and oxygen atoms in total. The van der Waals surface area contributed by atoms with Crippen molar-refractivity contribution in [1.29, 1.82) is 0 Å². The van der Waals surface area contributed by atoms with Gasteiger partial charge >= 0.3 is 0 Å². The predicted octanol–water partition coefficient (Wildman–Crippen LogP) is 3.06.